The van der Waals surface area contributed by atoms with Gasteiger partial charge in [0, 0.05) is 5.56 Å². The van der Waals surface area contributed by atoms with Crippen molar-refractivity contribution in [3.8, 4) is 5.75 Å². The van der Waals surface area contributed by atoms with E-state index in [1.807, 2.05) is 25.1 Å². The maximum Gasteiger partial charge on any atom is 0.124 e. The number of aryl methyl sites for hydroxylation is 1. The second-order valence-electron chi connectivity index (χ2n) is 6.87. The SMILES string of the molecule is COc1ccc(C)cc1C(O)CC(C)CC(C)(C)C. The molecular weight excluding hydrogens is 236 g/mol. The molecule has 2 heteroatoms. The zero-order valence-electron chi connectivity index (χ0n) is 13.2. The third kappa shape index (κ3) is 5.23. The third-order valence-electron chi connectivity index (χ3n) is 3.33. The van der Waals surface area contributed by atoms with Crippen LogP contribution in [0, 0.1) is 18.3 Å². The van der Waals surface area contributed by atoms with Crippen molar-refractivity contribution in [2.75, 3.05) is 7.11 Å². The van der Waals surface area contributed by atoms with E-state index in [0.717, 1.165) is 29.7 Å². The van der Waals surface area contributed by atoms with Crippen molar-refractivity contribution in [3.05, 3.63) is 29.3 Å². The van der Waals surface area contributed by atoms with E-state index in [4.69, 9.17) is 4.74 Å². The Morgan fingerprint density at radius 1 is 1.26 bits per heavy atom. The smallest absolute Gasteiger partial charge is 0.124 e. The molecule has 0 heterocycles. The molecule has 1 rings (SSSR count). The zero-order chi connectivity index (χ0) is 14.6. The third-order valence-corrected chi connectivity index (χ3v) is 3.33. The van der Waals surface area contributed by atoms with E-state index in [-0.39, 0.29) is 0 Å². The zero-order valence-corrected chi connectivity index (χ0v) is 13.2. The van der Waals surface area contributed by atoms with Crippen molar-refractivity contribution in [2.24, 2.45) is 11.3 Å². The number of benzene rings is 1. The van der Waals surface area contributed by atoms with E-state index in [2.05, 4.69) is 27.7 Å². The van der Waals surface area contributed by atoms with Crippen LogP contribution in [0.15, 0.2) is 18.2 Å². The van der Waals surface area contributed by atoms with Crippen LogP contribution in [0.5, 0.6) is 5.75 Å². The van der Waals surface area contributed by atoms with Gasteiger partial charge in [-0.2, -0.15) is 0 Å². The summed E-state index contributed by atoms with van der Waals surface area (Å²) in [5.41, 5.74) is 2.36. The molecule has 19 heavy (non-hydrogen) atoms. The van der Waals surface area contributed by atoms with Gasteiger partial charge in [0.2, 0.25) is 0 Å². The second-order valence-corrected chi connectivity index (χ2v) is 6.87. The van der Waals surface area contributed by atoms with E-state index >= 15 is 0 Å². The Labute approximate surface area is 117 Å². The van der Waals surface area contributed by atoms with Gasteiger partial charge < -0.3 is 9.84 Å². The Balaban J connectivity index is 2.77. The summed E-state index contributed by atoms with van der Waals surface area (Å²) in [4.78, 5) is 0. The number of aliphatic hydroxyl groups is 1. The molecule has 0 spiro atoms. The van der Waals surface area contributed by atoms with Gasteiger partial charge in [-0.1, -0.05) is 39.3 Å². The molecule has 0 amide bonds. The van der Waals surface area contributed by atoms with Crippen molar-refractivity contribution in [2.45, 2.75) is 53.6 Å². The number of aliphatic hydroxyl groups excluding tert-OH is 1. The molecule has 0 radical (unpaired) electrons. The monoisotopic (exact) mass is 264 g/mol. The molecule has 0 bridgehead atoms. The van der Waals surface area contributed by atoms with Crippen molar-refractivity contribution < 1.29 is 9.84 Å². The van der Waals surface area contributed by atoms with Gasteiger partial charge in [0.1, 0.15) is 5.75 Å². The lowest BCUT2D eigenvalue weighted by molar-refractivity contribution is 0.131. The van der Waals surface area contributed by atoms with Gasteiger partial charge in [-0.05, 0) is 43.2 Å². The van der Waals surface area contributed by atoms with Gasteiger partial charge >= 0.3 is 0 Å². The highest BCUT2D eigenvalue weighted by Crippen LogP contribution is 2.34. The van der Waals surface area contributed by atoms with Gasteiger partial charge in [0.05, 0.1) is 13.2 Å². The van der Waals surface area contributed by atoms with Gasteiger partial charge in [-0.3, -0.25) is 0 Å². The number of ether oxygens (including phenoxy) is 1. The Hall–Kier alpha value is -1.02. The van der Waals surface area contributed by atoms with Crippen molar-refractivity contribution in [1.29, 1.82) is 0 Å². The molecule has 2 unspecified atom stereocenters. The van der Waals surface area contributed by atoms with Gasteiger partial charge in [-0.25, -0.2) is 0 Å². The summed E-state index contributed by atoms with van der Waals surface area (Å²) in [6.45, 7) is 11.0. The number of hydrogen-bond donors (Lipinski definition) is 1. The van der Waals surface area contributed by atoms with E-state index in [0.29, 0.717) is 11.3 Å². The Morgan fingerprint density at radius 3 is 2.42 bits per heavy atom. The summed E-state index contributed by atoms with van der Waals surface area (Å²) in [6.07, 6.45) is 1.43. The topological polar surface area (TPSA) is 29.5 Å². The minimum atomic E-state index is -0.452. The van der Waals surface area contributed by atoms with Crippen LogP contribution in [0.4, 0.5) is 0 Å². The normalized spacial score (nSPS) is 15.1. The average molecular weight is 264 g/mol. The largest absolute Gasteiger partial charge is 0.496 e. The van der Waals surface area contributed by atoms with Crippen LogP contribution in [-0.2, 0) is 0 Å². The van der Waals surface area contributed by atoms with E-state index < -0.39 is 6.10 Å². The van der Waals surface area contributed by atoms with Gasteiger partial charge in [0.25, 0.3) is 0 Å². The molecule has 1 N–H and O–H groups in total. The molecule has 0 aromatic heterocycles. The van der Waals surface area contributed by atoms with E-state index in [1.165, 1.54) is 0 Å². The highest BCUT2D eigenvalue weighted by molar-refractivity contribution is 5.38. The van der Waals surface area contributed by atoms with Gasteiger partial charge in [-0.15, -0.1) is 0 Å². The first-order valence-electron chi connectivity index (χ1n) is 7.05. The number of methoxy groups -OCH3 is 1. The highest BCUT2D eigenvalue weighted by atomic mass is 16.5. The molecule has 0 fully saturated rings. The quantitative estimate of drug-likeness (QED) is 0.848. The minimum Gasteiger partial charge on any atom is -0.496 e. The summed E-state index contributed by atoms with van der Waals surface area (Å²) < 4.78 is 5.34. The first-order valence-corrected chi connectivity index (χ1v) is 7.05. The Kier molecular flexibility index (Phi) is 5.42. The molecule has 0 aliphatic rings. The van der Waals surface area contributed by atoms with Crippen molar-refractivity contribution in [3.63, 3.8) is 0 Å². The Morgan fingerprint density at radius 2 is 1.89 bits per heavy atom. The van der Waals surface area contributed by atoms with Crippen molar-refractivity contribution >= 4 is 0 Å². The summed E-state index contributed by atoms with van der Waals surface area (Å²) in [5, 5.41) is 10.4. The summed E-state index contributed by atoms with van der Waals surface area (Å²) in [5.74, 6) is 1.27. The standard InChI is InChI=1S/C17H28O2/c1-12-7-8-16(19-6)14(9-12)15(18)10-13(2)11-17(3,4)5/h7-9,13,15,18H,10-11H2,1-6H3. The van der Waals surface area contributed by atoms with Crippen LogP contribution in [-0.4, -0.2) is 12.2 Å². The van der Waals surface area contributed by atoms with Crippen LogP contribution >= 0.6 is 0 Å². The van der Waals surface area contributed by atoms with Crippen LogP contribution in [0.3, 0.4) is 0 Å². The average Bonchev–Trinajstić information content (AvgIpc) is 2.26. The lowest BCUT2D eigenvalue weighted by Crippen LogP contribution is -2.14. The molecule has 108 valence electrons. The van der Waals surface area contributed by atoms with E-state index in [1.54, 1.807) is 7.11 Å². The lowest BCUT2D eigenvalue weighted by Gasteiger charge is -2.25. The summed E-state index contributed by atoms with van der Waals surface area (Å²) in [7, 11) is 1.65. The molecule has 1 aromatic carbocycles. The maximum absolute atomic E-state index is 10.4. The van der Waals surface area contributed by atoms with Gasteiger partial charge in [0.15, 0.2) is 0 Å². The number of rotatable bonds is 5. The number of hydrogen-bond acceptors (Lipinski definition) is 2. The molecule has 0 saturated heterocycles. The van der Waals surface area contributed by atoms with Crippen LogP contribution in [0.2, 0.25) is 0 Å². The summed E-state index contributed by atoms with van der Waals surface area (Å²) in [6, 6.07) is 5.96. The highest BCUT2D eigenvalue weighted by Gasteiger charge is 2.20. The van der Waals surface area contributed by atoms with Crippen LogP contribution < -0.4 is 4.74 Å². The second kappa shape index (κ2) is 6.42. The maximum atomic E-state index is 10.4. The molecule has 0 saturated carbocycles. The summed E-state index contributed by atoms with van der Waals surface area (Å²) >= 11 is 0. The van der Waals surface area contributed by atoms with Crippen molar-refractivity contribution in [1.82, 2.24) is 0 Å². The minimum absolute atomic E-state index is 0.301. The molecule has 2 atom stereocenters. The predicted molar refractivity (Wildman–Crippen MR) is 80.5 cm³/mol. The molecule has 0 aliphatic heterocycles. The molecule has 1 aromatic rings. The van der Waals surface area contributed by atoms with E-state index in [9.17, 15) is 5.11 Å². The first kappa shape index (κ1) is 16.0. The Bertz CT molecular complexity index is 404. The van der Waals surface area contributed by atoms with Crippen LogP contribution in [0.1, 0.15) is 57.8 Å². The fourth-order valence-electron chi connectivity index (χ4n) is 2.75. The molecule has 0 aliphatic carbocycles. The first-order chi connectivity index (χ1) is 8.73. The fraction of sp³-hybridized carbons (Fsp3) is 0.647. The van der Waals surface area contributed by atoms with Crippen LogP contribution in [0.25, 0.3) is 0 Å². The molecular formula is C17H28O2. The lowest BCUT2D eigenvalue weighted by atomic mass is 9.82. The molecule has 2 nitrogen and oxygen atoms in total. The predicted octanol–water partition coefficient (Wildman–Crippen LogP) is 4.50. The fourth-order valence-corrected chi connectivity index (χ4v) is 2.75.